The van der Waals surface area contributed by atoms with E-state index in [4.69, 9.17) is 10.2 Å². The van der Waals surface area contributed by atoms with Crippen LogP contribution in [0.2, 0.25) is 0 Å². The maximum Gasteiger partial charge on any atom is 0.238 e. The Morgan fingerprint density at radius 2 is 2.14 bits per heavy atom. The van der Waals surface area contributed by atoms with E-state index in [1.54, 1.807) is 16.9 Å². The quantitative estimate of drug-likeness (QED) is 0.615. The lowest BCUT2D eigenvalue weighted by molar-refractivity contribution is 0.268. The maximum absolute atomic E-state index is 11.3. The molecular weight excluding hydrogens is 294 g/mol. The number of benzene rings is 1. The zero-order valence-corrected chi connectivity index (χ0v) is 12.1. The van der Waals surface area contributed by atoms with E-state index in [1.807, 2.05) is 6.07 Å². The van der Waals surface area contributed by atoms with Gasteiger partial charge in [0.05, 0.1) is 23.7 Å². The van der Waals surface area contributed by atoms with Gasteiger partial charge in [0.1, 0.15) is 0 Å². The number of aliphatic hydroxyl groups is 1. The van der Waals surface area contributed by atoms with E-state index in [-0.39, 0.29) is 11.5 Å². The monoisotopic (exact) mass is 311 g/mol. The van der Waals surface area contributed by atoms with Crippen molar-refractivity contribution in [3.8, 4) is 0 Å². The van der Waals surface area contributed by atoms with Crippen LogP contribution in [-0.4, -0.2) is 35.1 Å². The Kier molecular flexibility index (Phi) is 5.02. The molecule has 0 aliphatic carbocycles. The van der Waals surface area contributed by atoms with Crippen molar-refractivity contribution >= 4 is 10.0 Å². The molecule has 0 fully saturated rings. The molecule has 0 amide bonds. The molecule has 0 bridgehead atoms. The van der Waals surface area contributed by atoms with Crippen LogP contribution < -0.4 is 10.5 Å². The molecule has 0 radical (unpaired) electrons. The highest BCUT2D eigenvalue weighted by Crippen LogP contribution is 2.09. The van der Waals surface area contributed by atoms with Gasteiger partial charge in [0.2, 0.25) is 10.0 Å². The summed E-state index contributed by atoms with van der Waals surface area (Å²) < 4.78 is 24.1. The summed E-state index contributed by atoms with van der Waals surface area (Å²) in [6.45, 7) is 1.39. The van der Waals surface area contributed by atoms with Crippen molar-refractivity contribution in [2.75, 3.05) is 6.61 Å². The second-order valence-electron chi connectivity index (χ2n) is 4.49. The lowest BCUT2D eigenvalue weighted by atomic mass is 10.2. The first kappa shape index (κ1) is 15.6. The average molecular weight is 311 g/mol. The molecule has 114 valence electrons. The third-order valence-corrected chi connectivity index (χ3v) is 3.69. The van der Waals surface area contributed by atoms with Crippen LogP contribution in [0.3, 0.4) is 0 Å². The topological polar surface area (TPSA) is 123 Å². The van der Waals surface area contributed by atoms with E-state index < -0.39 is 10.0 Å². The maximum atomic E-state index is 11.3. The number of rotatable bonds is 7. The number of primary sulfonamides is 1. The molecule has 2 rings (SSSR count). The fraction of sp³-hybridized carbons (Fsp3) is 0.333. The lowest BCUT2D eigenvalue weighted by Crippen LogP contribution is -2.15. The Balaban J connectivity index is 1.91. The van der Waals surface area contributed by atoms with Gasteiger partial charge in [0.25, 0.3) is 0 Å². The molecule has 0 unspecified atom stereocenters. The van der Waals surface area contributed by atoms with E-state index >= 15 is 0 Å². The molecule has 1 heterocycles. The number of hydrogen-bond acceptors (Lipinski definition) is 6. The van der Waals surface area contributed by atoms with E-state index in [0.717, 1.165) is 11.3 Å². The Morgan fingerprint density at radius 3 is 2.86 bits per heavy atom. The van der Waals surface area contributed by atoms with Crippen molar-refractivity contribution in [3.63, 3.8) is 0 Å². The summed E-state index contributed by atoms with van der Waals surface area (Å²) in [6.07, 6.45) is 1.74. The number of aromatic nitrogens is 3. The summed E-state index contributed by atoms with van der Waals surface area (Å²) in [7, 11) is -3.68. The SMILES string of the molecule is NS(=O)(=O)c1cccc(CNCc2cn(CCO)nn2)c1. The smallest absolute Gasteiger partial charge is 0.238 e. The van der Waals surface area contributed by atoms with Crippen LogP contribution in [0.5, 0.6) is 0 Å². The highest BCUT2D eigenvalue weighted by atomic mass is 32.2. The van der Waals surface area contributed by atoms with Crippen molar-refractivity contribution in [1.29, 1.82) is 0 Å². The molecule has 0 saturated heterocycles. The lowest BCUT2D eigenvalue weighted by Gasteiger charge is -2.05. The molecule has 0 spiro atoms. The summed E-state index contributed by atoms with van der Waals surface area (Å²) in [4.78, 5) is 0.0932. The summed E-state index contributed by atoms with van der Waals surface area (Å²) >= 11 is 0. The standard InChI is InChI=1S/C12H17N5O3S/c13-21(19,20)12-3-1-2-10(6-12)7-14-8-11-9-17(4-5-18)16-15-11/h1-3,6,9,14,18H,4-5,7-8H2,(H2,13,19,20). The second-order valence-corrected chi connectivity index (χ2v) is 6.05. The molecule has 0 aliphatic heterocycles. The van der Waals surface area contributed by atoms with Gasteiger partial charge in [-0.15, -0.1) is 5.10 Å². The zero-order valence-electron chi connectivity index (χ0n) is 11.3. The third-order valence-electron chi connectivity index (χ3n) is 2.78. The van der Waals surface area contributed by atoms with E-state index in [2.05, 4.69) is 15.6 Å². The molecule has 1 aromatic heterocycles. The van der Waals surface area contributed by atoms with E-state index in [1.165, 1.54) is 12.1 Å². The molecule has 21 heavy (non-hydrogen) atoms. The van der Waals surface area contributed by atoms with Crippen LogP contribution in [0.25, 0.3) is 0 Å². The Hall–Kier alpha value is -1.81. The van der Waals surface area contributed by atoms with Gasteiger partial charge in [-0.25, -0.2) is 18.2 Å². The summed E-state index contributed by atoms with van der Waals surface area (Å²) in [5, 5.41) is 24.8. The first-order valence-electron chi connectivity index (χ1n) is 6.31. The first-order valence-corrected chi connectivity index (χ1v) is 7.86. The van der Waals surface area contributed by atoms with Crippen LogP contribution in [0.4, 0.5) is 0 Å². The number of hydrogen-bond donors (Lipinski definition) is 3. The first-order chi connectivity index (χ1) is 9.99. The molecule has 1 aromatic carbocycles. The number of nitrogens with zero attached hydrogens (tertiary/aromatic N) is 3. The van der Waals surface area contributed by atoms with Crippen molar-refractivity contribution in [2.24, 2.45) is 5.14 Å². The van der Waals surface area contributed by atoms with Gasteiger partial charge in [-0.2, -0.15) is 0 Å². The largest absolute Gasteiger partial charge is 0.394 e. The fourth-order valence-corrected chi connectivity index (χ4v) is 2.38. The molecule has 9 heteroatoms. The number of aliphatic hydroxyl groups excluding tert-OH is 1. The molecule has 2 aromatic rings. The van der Waals surface area contributed by atoms with Crippen LogP contribution in [0.1, 0.15) is 11.3 Å². The minimum Gasteiger partial charge on any atom is -0.394 e. The third kappa shape index (κ3) is 4.60. The van der Waals surface area contributed by atoms with Crippen molar-refractivity contribution < 1.29 is 13.5 Å². The predicted molar refractivity (Wildman–Crippen MR) is 75.5 cm³/mol. The van der Waals surface area contributed by atoms with Gasteiger partial charge in [0, 0.05) is 19.3 Å². The minimum atomic E-state index is -3.68. The highest BCUT2D eigenvalue weighted by molar-refractivity contribution is 7.89. The highest BCUT2D eigenvalue weighted by Gasteiger charge is 2.07. The zero-order chi connectivity index (χ0) is 15.3. The Bertz CT molecular complexity index is 698. The second kappa shape index (κ2) is 6.76. The predicted octanol–water partition coefficient (Wildman–Crippen LogP) is -0.792. The summed E-state index contributed by atoms with van der Waals surface area (Å²) in [5.41, 5.74) is 1.55. The van der Waals surface area contributed by atoms with E-state index in [9.17, 15) is 8.42 Å². The van der Waals surface area contributed by atoms with Crippen LogP contribution in [-0.2, 0) is 29.7 Å². The molecule has 4 N–H and O–H groups in total. The Labute approximate surface area is 122 Å². The molecular formula is C12H17N5O3S. The van der Waals surface area contributed by atoms with Crippen molar-refractivity contribution in [2.45, 2.75) is 24.5 Å². The molecule has 0 atom stereocenters. The Morgan fingerprint density at radius 1 is 1.33 bits per heavy atom. The minimum absolute atomic E-state index is 0.0105. The average Bonchev–Trinajstić information content (AvgIpc) is 2.86. The molecule has 8 nitrogen and oxygen atoms in total. The van der Waals surface area contributed by atoms with E-state index in [0.29, 0.717) is 19.6 Å². The normalized spacial score (nSPS) is 11.7. The number of nitrogens with one attached hydrogen (secondary N) is 1. The van der Waals surface area contributed by atoms with Crippen molar-refractivity contribution in [3.05, 3.63) is 41.7 Å². The summed E-state index contributed by atoms with van der Waals surface area (Å²) in [5.74, 6) is 0. The molecule has 0 saturated carbocycles. The van der Waals surface area contributed by atoms with Crippen LogP contribution in [0, 0.1) is 0 Å². The molecule has 0 aliphatic rings. The summed E-state index contributed by atoms with van der Waals surface area (Å²) in [6, 6.07) is 6.45. The fourth-order valence-electron chi connectivity index (χ4n) is 1.80. The van der Waals surface area contributed by atoms with Gasteiger partial charge >= 0.3 is 0 Å². The van der Waals surface area contributed by atoms with Crippen molar-refractivity contribution in [1.82, 2.24) is 20.3 Å². The van der Waals surface area contributed by atoms with Crippen LogP contribution >= 0.6 is 0 Å². The van der Waals surface area contributed by atoms with Gasteiger partial charge < -0.3 is 10.4 Å². The van der Waals surface area contributed by atoms with Crippen LogP contribution in [0.15, 0.2) is 35.4 Å². The number of nitrogens with two attached hydrogens (primary N) is 1. The van der Waals surface area contributed by atoms with Gasteiger partial charge in [-0.1, -0.05) is 17.3 Å². The van der Waals surface area contributed by atoms with Gasteiger partial charge in [0.15, 0.2) is 0 Å². The van der Waals surface area contributed by atoms with Gasteiger partial charge in [-0.05, 0) is 17.7 Å². The number of sulfonamides is 1. The van der Waals surface area contributed by atoms with Gasteiger partial charge in [-0.3, -0.25) is 0 Å².